The number of aromatic amines is 1. The minimum absolute atomic E-state index is 0.514. The van der Waals surface area contributed by atoms with Crippen LogP contribution in [0.2, 0.25) is 0 Å². The van der Waals surface area contributed by atoms with E-state index in [-0.39, 0.29) is 0 Å². The zero-order valence-electron chi connectivity index (χ0n) is 15.1. The van der Waals surface area contributed by atoms with Crippen LogP contribution in [0, 0.1) is 0 Å². The van der Waals surface area contributed by atoms with E-state index >= 15 is 0 Å². The van der Waals surface area contributed by atoms with Crippen LogP contribution >= 0.6 is 0 Å². The molecule has 0 aliphatic carbocycles. The molecule has 0 fully saturated rings. The van der Waals surface area contributed by atoms with Crippen molar-refractivity contribution < 1.29 is 10.0 Å². The molecule has 1 heterocycles. The van der Waals surface area contributed by atoms with E-state index < -0.39 is 7.12 Å². The van der Waals surface area contributed by atoms with Gasteiger partial charge in [-0.25, -0.2) is 0 Å². The summed E-state index contributed by atoms with van der Waals surface area (Å²) in [4.78, 5) is 3.51. The first-order valence-corrected chi connectivity index (χ1v) is 9.28. The van der Waals surface area contributed by atoms with Gasteiger partial charge in [-0.15, -0.1) is 0 Å². The van der Waals surface area contributed by atoms with Gasteiger partial charge in [-0.2, -0.15) is 0 Å². The summed E-state index contributed by atoms with van der Waals surface area (Å²) in [5.74, 6) is 0. The zero-order valence-corrected chi connectivity index (χ0v) is 15.1. The van der Waals surface area contributed by atoms with Crippen molar-refractivity contribution in [2.24, 2.45) is 0 Å². The van der Waals surface area contributed by atoms with Crippen molar-refractivity contribution in [3.63, 3.8) is 0 Å². The molecular weight excluding hydrogens is 345 g/mol. The van der Waals surface area contributed by atoms with E-state index in [1.807, 2.05) is 72.8 Å². The van der Waals surface area contributed by atoms with E-state index in [0.717, 1.165) is 44.1 Å². The lowest BCUT2D eigenvalue weighted by Gasteiger charge is -2.15. The maximum Gasteiger partial charge on any atom is 0.489 e. The van der Waals surface area contributed by atoms with Gasteiger partial charge < -0.3 is 15.0 Å². The molecule has 0 atom stereocenters. The monoisotopic (exact) mass is 363 g/mol. The van der Waals surface area contributed by atoms with E-state index in [0.29, 0.717) is 5.46 Å². The molecule has 1 aromatic heterocycles. The Bertz CT molecular complexity index is 1290. The van der Waals surface area contributed by atoms with Crippen molar-refractivity contribution in [2.45, 2.75) is 0 Å². The van der Waals surface area contributed by atoms with E-state index in [4.69, 9.17) is 0 Å². The van der Waals surface area contributed by atoms with E-state index in [2.05, 4.69) is 23.2 Å². The van der Waals surface area contributed by atoms with Crippen LogP contribution in [0.1, 0.15) is 0 Å². The smallest absolute Gasteiger partial charge is 0.423 e. The summed E-state index contributed by atoms with van der Waals surface area (Å²) in [5, 5.41) is 22.8. The fourth-order valence-electron chi connectivity index (χ4n) is 4.05. The highest BCUT2D eigenvalue weighted by molar-refractivity contribution is 6.62. The topological polar surface area (TPSA) is 56.2 Å². The van der Waals surface area contributed by atoms with Crippen LogP contribution in [0.15, 0.2) is 91.0 Å². The number of rotatable bonds is 3. The van der Waals surface area contributed by atoms with Crippen LogP contribution in [0.3, 0.4) is 0 Å². The van der Waals surface area contributed by atoms with Gasteiger partial charge in [0.2, 0.25) is 0 Å². The maximum atomic E-state index is 10.3. The molecule has 0 saturated heterocycles. The van der Waals surface area contributed by atoms with Crippen molar-refractivity contribution in [3.05, 3.63) is 91.0 Å². The second kappa shape index (κ2) is 6.68. The van der Waals surface area contributed by atoms with E-state index in [1.54, 1.807) is 0 Å². The average Bonchev–Trinajstić information content (AvgIpc) is 3.12. The first kappa shape index (κ1) is 16.8. The lowest BCUT2D eigenvalue weighted by Crippen LogP contribution is -2.33. The Morgan fingerprint density at radius 1 is 0.571 bits per heavy atom. The molecule has 3 N–H and O–H groups in total. The summed E-state index contributed by atoms with van der Waals surface area (Å²) in [6.07, 6.45) is 0. The highest BCUT2D eigenvalue weighted by Crippen LogP contribution is 2.33. The Morgan fingerprint density at radius 3 is 2.04 bits per heavy atom. The molecule has 134 valence electrons. The molecule has 5 rings (SSSR count). The first-order valence-electron chi connectivity index (χ1n) is 9.28. The van der Waals surface area contributed by atoms with Crippen molar-refractivity contribution >= 4 is 34.4 Å². The predicted molar refractivity (Wildman–Crippen MR) is 117 cm³/mol. The van der Waals surface area contributed by atoms with Crippen molar-refractivity contribution in [3.8, 4) is 22.3 Å². The second-order valence-electron chi connectivity index (χ2n) is 6.91. The number of H-pyrrole nitrogens is 1. The molecule has 0 aliphatic heterocycles. The maximum absolute atomic E-state index is 10.3. The van der Waals surface area contributed by atoms with Gasteiger partial charge in [-0.3, -0.25) is 0 Å². The fraction of sp³-hybridized carbons (Fsp3) is 0. The standard InChI is InChI=1S/C24H18BNO2/c27-25(28)23-17(16-8-2-1-3-9-16)11-6-12-19(23)21-14-7-13-20-18-10-4-5-15-22(18)26-24(20)21/h1-15,26-28H. The van der Waals surface area contributed by atoms with Gasteiger partial charge in [0.25, 0.3) is 0 Å². The summed E-state index contributed by atoms with van der Waals surface area (Å²) in [6, 6.07) is 30.0. The second-order valence-corrected chi connectivity index (χ2v) is 6.91. The first-order chi connectivity index (χ1) is 13.7. The molecule has 0 radical (unpaired) electrons. The highest BCUT2D eigenvalue weighted by atomic mass is 16.4. The molecule has 0 bridgehead atoms. The molecular formula is C24H18BNO2. The molecule has 5 aromatic rings. The molecule has 0 spiro atoms. The Balaban J connectivity index is 1.83. The molecule has 4 aromatic carbocycles. The number of hydrogen-bond donors (Lipinski definition) is 3. The van der Waals surface area contributed by atoms with Crippen LogP contribution in [0.5, 0.6) is 0 Å². The zero-order chi connectivity index (χ0) is 19.1. The molecule has 0 amide bonds. The predicted octanol–water partition coefficient (Wildman–Crippen LogP) is 4.33. The molecule has 28 heavy (non-hydrogen) atoms. The lowest BCUT2D eigenvalue weighted by atomic mass is 9.71. The number of hydrogen-bond acceptors (Lipinski definition) is 2. The minimum Gasteiger partial charge on any atom is -0.423 e. The number of benzene rings is 4. The van der Waals surface area contributed by atoms with E-state index in [9.17, 15) is 10.0 Å². The van der Waals surface area contributed by atoms with E-state index in [1.165, 1.54) is 0 Å². The van der Waals surface area contributed by atoms with Crippen molar-refractivity contribution in [1.82, 2.24) is 4.98 Å². The lowest BCUT2D eigenvalue weighted by molar-refractivity contribution is 0.426. The Labute approximate surface area is 163 Å². The normalized spacial score (nSPS) is 11.2. The molecule has 0 unspecified atom stereocenters. The number of para-hydroxylation sites is 2. The van der Waals surface area contributed by atoms with Gasteiger partial charge in [-0.1, -0.05) is 84.9 Å². The third-order valence-corrected chi connectivity index (χ3v) is 5.28. The minimum atomic E-state index is -1.58. The van der Waals surface area contributed by atoms with Crippen LogP contribution in [-0.4, -0.2) is 22.2 Å². The Morgan fingerprint density at radius 2 is 1.21 bits per heavy atom. The van der Waals surface area contributed by atoms with Crippen LogP contribution in [-0.2, 0) is 0 Å². The fourth-order valence-corrected chi connectivity index (χ4v) is 4.05. The van der Waals surface area contributed by atoms with Crippen LogP contribution in [0.25, 0.3) is 44.1 Å². The third kappa shape index (κ3) is 2.62. The van der Waals surface area contributed by atoms with Gasteiger partial charge in [-0.05, 0) is 28.2 Å². The summed E-state index contributed by atoms with van der Waals surface area (Å²) >= 11 is 0. The number of aromatic nitrogens is 1. The number of fused-ring (bicyclic) bond motifs is 3. The molecule has 0 aliphatic rings. The molecule has 4 heteroatoms. The average molecular weight is 363 g/mol. The SMILES string of the molecule is OB(O)c1c(-c2ccccc2)cccc1-c1cccc2c1[nH]c1ccccc12. The van der Waals surface area contributed by atoms with Gasteiger partial charge in [0, 0.05) is 21.9 Å². The van der Waals surface area contributed by atoms with Crippen molar-refractivity contribution in [1.29, 1.82) is 0 Å². The Kier molecular flexibility index (Phi) is 4.01. The van der Waals surface area contributed by atoms with Gasteiger partial charge in [0.15, 0.2) is 0 Å². The van der Waals surface area contributed by atoms with Gasteiger partial charge >= 0.3 is 7.12 Å². The molecule has 3 nitrogen and oxygen atoms in total. The quantitative estimate of drug-likeness (QED) is 0.418. The van der Waals surface area contributed by atoms with Crippen LogP contribution in [0.4, 0.5) is 0 Å². The summed E-state index contributed by atoms with van der Waals surface area (Å²) in [6.45, 7) is 0. The number of nitrogens with one attached hydrogen (secondary N) is 1. The van der Waals surface area contributed by atoms with Crippen LogP contribution < -0.4 is 5.46 Å². The summed E-state index contributed by atoms with van der Waals surface area (Å²) in [5.41, 5.74) is 6.12. The highest BCUT2D eigenvalue weighted by Gasteiger charge is 2.23. The summed E-state index contributed by atoms with van der Waals surface area (Å²) in [7, 11) is -1.58. The van der Waals surface area contributed by atoms with Crippen molar-refractivity contribution in [2.75, 3.05) is 0 Å². The largest absolute Gasteiger partial charge is 0.489 e. The van der Waals surface area contributed by atoms with Gasteiger partial charge in [0.1, 0.15) is 0 Å². The molecule has 0 saturated carbocycles. The summed E-state index contributed by atoms with van der Waals surface area (Å²) < 4.78 is 0. The third-order valence-electron chi connectivity index (χ3n) is 5.28. The Hall–Kier alpha value is -3.34. The van der Waals surface area contributed by atoms with Gasteiger partial charge in [0.05, 0.1) is 5.52 Å².